The summed E-state index contributed by atoms with van der Waals surface area (Å²) in [5.74, 6) is -2.93. The number of likely N-dealkylation sites (tertiary alicyclic amines) is 1. The number of halogens is 2. The van der Waals surface area contributed by atoms with E-state index in [1.165, 1.54) is 0 Å². The lowest BCUT2D eigenvalue weighted by Crippen LogP contribution is -2.53. The predicted molar refractivity (Wildman–Crippen MR) is 52.6 cm³/mol. The highest BCUT2D eigenvalue weighted by Crippen LogP contribution is 2.17. The van der Waals surface area contributed by atoms with Crippen LogP contribution in [0.4, 0.5) is 13.6 Å². The Labute approximate surface area is 92.2 Å². The van der Waals surface area contributed by atoms with Gasteiger partial charge in [0.2, 0.25) is 0 Å². The Hall–Kier alpha value is -0.950. The Morgan fingerprint density at radius 1 is 1.69 bits per heavy atom. The van der Waals surface area contributed by atoms with Crippen molar-refractivity contribution in [3.63, 3.8) is 0 Å². The molecule has 0 aromatic carbocycles. The molecule has 0 aliphatic carbocycles. The first kappa shape index (κ1) is 13.1. The van der Waals surface area contributed by atoms with Crippen LogP contribution in [0.3, 0.4) is 0 Å². The molecule has 7 heteroatoms. The fourth-order valence-electron chi connectivity index (χ4n) is 1.54. The summed E-state index contributed by atoms with van der Waals surface area (Å²) in [7, 11) is 0. The number of nitrogens with two attached hydrogens (primary N) is 1. The summed E-state index contributed by atoms with van der Waals surface area (Å²) in [5, 5.41) is 8.75. The molecule has 0 aromatic rings. The molecule has 0 bridgehead atoms. The first-order valence-electron chi connectivity index (χ1n) is 5.02. The highest BCUT2D eigenvalue weighted by atomic mass is 19.3. The highest BCUT2D eigenvalue weighted by Gasteiger charge is 2.32. The summed E-state index contributed by atoms with van der Waals surface area (Å²) in [4.78, 5) is 11.8. The van der Waals surface area contributed by atoms with Crippen LogP contribution < -0.4 is 5.73 Å². The van der Waals surface area contributed by atoms with Crippen molar-refractivity contribution >= 4 is 6.09 Å². The topological polar surface area (TPSA) is 75.8 Å². The zero-order valence-electron chi connectivity index (χ0n) is 9.03. The maximum absolute atomic E-state index is 12.6. The van der Waals surface area contributed by atoms with Crippen LogP contribution in [0, 0.1) is 0 Å². The van der Waals surface area contributed by atoms with Crippen LogP contribution in [-0.4, -0.2) is 53.9 Å². The number of hydrogen-bond acceptors (Lipinski definition) is 3. The normalized spacial score (nSPS) is 26.9. The Kier molecular flexibility index (Phi) is 4.03. The molecule has 94 valence electrons. The SMILES string of the molecule is CC(F)(F)CO[C@@H]1CN(C(=O)O)CC[C@@H]1N. The lowest BCUT2D eigenvalue weighted by atomic mass is 10.0. The van der Waals surface area contributed by atoms with Crippen molar-refractivity contribution in [3.8, 4) is 0 Å². The number of rotatable bonds is 3. The Bertz CT molecular complexity index is 258. The van der Waals surface area contributed by atoms with E-state index in [2.05, 4.69) is 0 Å². The van der Waals surface area contributed by atoms with Gasteiger partial charge in [0.05, 0.1) is 12.6 Å². The largest absolute Gasteiger partial charge is 0.465 e. The van der Waals surface area contributed by atoms with Gasteiger partial charge in [0.15, 0.2) is 0 Å². The van der Waals surface area contributed by atoms with Gasteiger partial charge in [0.25, 0.3) is 5.92 Å². The summed E-state index contributed by atoms with van der Waals surface area (Å²) in [6, 6.07) is -0.391. The monoisotopic (exact) mass is 238 g/mol. The van der Waals surface area contributed by atoms with Crippen LogP contribution in [0.1, 0.15) is 13.3 Å². The average molecular weight is 238 g/mol. The first-order chi connectivity index (χ1) is 7.29. The first-order valence-corrected chi connectivity index (χ1v) is 5.02. The van der Waals surface area contributed by atoms with Gasteiger partial charge in [0, 0.05) is 19.5 Å². The molecule has 1 amide bonds. The standard InChI is InChI=1S/C9H16F2N2O3/c1-9(10,11)5-16-7-4-13(8(14)15)3-2-6(7)12/h6-7H,2-5,12H2,1H3,(H,14,15)/t6-,7+/m0/s1. The molecule has 1 fully saturated rings. The number of carbonyl (C=O) groups is 1. The summed E-state index contributed by atoms with van der Waals surface area (Å²) in [6.07, 6.45) is -1.31. The van der Waals surface area contributed by atoms with E-state index in [1.54, 1.807) is 0 Å². The number of piperidine rings is 1. The third-order valence-corrected chi connectivity index (χ3v) is 2.43. The van der Waals surface area contributed by atoms with Crippen molar-refractivity contribution in [2.75, 3.05) is 19.7 Å². The minimum absolute atomic E-state index is 0.0482. The van der Waals surface area contributed by atoms with Gasteiger partial charge < -0.3 is 20.5 Å². The van der Waals surface area contributed by atoms with Gasteiger partial charge in [-0.1, -0.05) is 0 Å². The molecule has 1 heterocycles. The molecule has 0 unspecified atom stereocenters. The second-order valence-corrected chi connectivity index (χ2v) is 4.10. The molecule has 1 aliphatic rings. The summed E-state index contributed by atoms with van der Waals surface area (Å²) >= 11 is 0. The lowest BCUT2D eigenvalue weighted by Gasteiger charge is -2.35. The second-order valence-electron chi connectivity index (χ2n) is 4.10. The number of ether oxygens (including phenoxy) is 1. The molecule has 0 saturated carbocycles. The second kappa shape index (κ2) is 4.92. The van der Waals surface area contributed by atoms with Gasteiger partial charge in [-0.15, -0.1) is 0 Å². The fourth-order valence-corrected chi connectivity index (χ4v) is 1.54. The highest BCUT2D eigenvalue weighted by molar-refractivity contribution is 5.65. The number of hydrogen-bond donors (Lipinski definition) is 2. The number of amides is 1. The Morgan fingerprint density at radius 3 is 2.81 bits per heavy atom. The van der Waals surface area contributed by atoms with E-state index in [1.807, 2.05) is 0 Å². The van der Waals surface area contributed by atoms with Crippen molar-refractivity contribution < 1.29 is 23.4 Å². The van der Waals surface area contributed by atoms with E-state index in [0.29, 0.717) is 13.0 Å². The van der Waals surface area contributed by atoms with Crippen LogP contribution >= 0.6 is 0 Å². The fraction of sp³-hybridized carbons (Fsp3) is 0.889. The quantitative estimate of drug-likeness (QED) is 0.760. The maximum atomic E-state index is 12.6. The Balaban J connectivity index is 2.47. The minimum Gasteiger partial charge on any atom is -0.465 e. The number of carboxylic acid groups (broad SMARTS) is 1. The molecule has 0 aromatic heterocycles. The molecule has 16 heavy (non-hydrogen) atoms. The van der Waals surface area contributed by atoms with Crippen LogP contribution in [0.5, 0.6) is 0 Å². The third-order valence-electron chi connectivity index (χ3n) is 2.43. The summed E-state index contributed by atoms with van der Waals surface area (Å²) < 4.78 is 30.1. The van der Waals surface area contributed by atoms with E-state index < -0.39 is 30.8 Å². The molecule has 0 spiro atoms. The average Bonchev–Trinajstić information content (AvgIpc) is 2.14. The van der Waals surface area contributed by atoms with Crippen molar-refractivity contribution in [1.82, 2.24) is 4.90 Å². The summed E-state index contributed by atoms with van der Waals surface area (Å²) in [6.45, 7) is 0.376. The van der Waals surface area contributed by atoms with E-state index in [9.17, 15) is 13.6 Å². The molecule has 1 aliphatic heterocycles. The molecule has 0 radical (unpaired) electrons. The zero-order chi connectivity index (χ0) is 12.3. The minimum atomic E-state index is -2.93. The van der Waals surface area contributed by atoms with Crippen molar-refractivity contribution in [2.45, 2.75) is 31.4 Å². The lowest BCUT2D eigenvalue weighted by molar-refractivity contribution is -0.103. The van der Waals surface area contributed by atoms with E-state index in [0.717, 1.165) is 11.8 Å². The maximum Gasteiger partial charge on any atom is 0.407 e. The number of alkyl halides is 2. The van der Waals surface area contributed by atoms with E-state index >= 15 is 0 Å². The van der Waals surface area contributed by atoms with Crippen LogP contribution in [0.15, 0.2) is 0 Å². The molecule has 3 N–H and O–H groups in total. The van der Waals surface area contributed by atoms with Gasteiger partial charge >= 0.3 is 6.09 Å². The van der Waals surface area contributed by atoms with Crippen molar-refractivity contribution in [1.29, 1.82) is 0 Å². The Morgan fingerprint density at radius 2 is 2.31 bits per heavy atom. The summed E-state index contributed by atoms with van der Waals surface area (Å²) in [5.41, 5.74) is 5.68. The van der Waals surface area contributed by atoms with Crippen LogP contribution in [0.25, 0.3) is 0 Å². The molecule has 1 rings (SSSR count). The van der Waals surface area contributed by atoms with E-state index in [-0.39, 0.29) is 6.54 Å². The zero-order valence-corrected chi connectivity index (χ0v) is 9.03. The van der Waals surface area contributed by atoms with Crippen LogP contribution in [-0.2, 0) is 4.74 Å². The molecular formula is C9H16F2N2O3. The van der Waals surface area contributed by atoms with Crippen LogP contribution in [0.2, 0.25) is 0 Å². The van der Waals surface area contributed by atoms with Gasteiger partial charge in [-0.25, -0.2) is 13.6 Å². The molecule has 1 saturated heterocycles. The van der Waals surface area contributed by atoms with E-state index in [4.69, 9.17) is 15.6 Å². The van der Waals surface area contributed by atoms with Gasteiger partial charge in [-0.05, 0) is 6.42 Å². The molecule has 5 nitrogen and oxygen atoms in total. The number of nitrogens with zero attached hydrogens (tertiary/aromatic N) is 1. The molecular weight excluding hydrogens is 222 g/mol. The predicted octanol–water partition coefficient (Wildman–Crippen LogP) is 0.738. The van der Waals surface area contributed by atoms with Gasteiger partial charge in [-0.2, -0.15) is 0 Å². The smallest absolute Gasteiger partial charge is 0.407 e. The van der Waals surface area contributed by atoms with Gasteiger partial charge in [0.1, 0.15) is 6.61 Å². The van der Waals surface area contributed by atoms with Crippen molar-refractivity contribution in [2.24, 2.45) is 5.73 Å². The van der Waals surface area contributed by atoms with Gasteiger partial charge in [-0.3, -0.25) is 0 Å². The van der Waals surface area contributed by atoms with Crippen molar-refractivity contribution in [3.05, 3.63) is 0 Å². The third kappa shape index (κ3) is 3.90. The molecule has 2 atom stereocenters.